The Balaban J connectivity index is 2.88. The van der Waals surface area contributed by atoms with Crippen molar-refractivity contribution in [3.63, 3.8) is 0 Å². The summed E-state index contributed by atoms with van der Waals surface area (Å²) < 4.78 is 14.4. The molecule has 0 bridgehead atoms. The molecule has 3 nitrogen and oxygen atoms in total. The second-order valence-electron chi connectivity index (χ2n) is 3.22. The van der Waals surface area contributed by atoms with E-state index in [0.717, 1.165) is 6.07 Å². The van der Waals surface area contributed by atoms with Crippen LogP contribution in [0.5, 0.6) is 0 Å². The molecule has 0 amide bonds. The molecule has 1 N–H and O–H groups in total. The molecule has 2 aromatic rings. The van der Waals surface area contributed by atoms with E-state index >= 15 is 0 Å². The molecule has 0 spiro atoms. The minimum Gasteiger partial charge on any atom is -0.477 e. The average molecular weight is 228 g/mol. The summed E-state index contributed by atoms with van der Waals surface area (Å²) in [5, 5.41) is 9.56. The number of carboxylic acid groups (broad SMARTS) is 1. The first-order chi connectivity index (χ1) is 7.00. The Kier molecular flexibility index (Phi) is 2.16. The van der Waals surface area contributed by atoms with Crippen molar-refractivity contribution in [3.05, 3.63) is 34.7 Å². The van der Waals surface area contributed by atoms with Crippen LogP contribution in [-0.2, 0) is 7.05 Å². The van der Waals surface area contributed by atoms with Gasteiger partial charge in [-0.05, 0) is 18.2 Å². The van der Waals surface area contributed by atoms with E-state index < -0.39 is 11.8 Å². The zero-order valence-corrected chi connectivity index (χ0v) is 8.55. The number of halogens is 2. The van der Waals surface area contributed by atoms with Gasteiger partial charge in [-0.15, -0.1) is 0 Å². The SMILES string of the molecule is Cn1c(C(=O)O)cc2cc(F)cc(Cl)c21. The predicted molar refractivity (Wildman–Crippen MR) is 54.8 cm³/mol. The number of nitrogens with zero attached hydrogens (tertiary/aromatic N) is 1. The lowest BCUT2D eigenvalue weighted by atomic mass is 10.2. The molecule has 0 aliphatic heterocycles. The lowest BCUT2D eigenvalue weighted by Crippen LogP contribution is -2.03. The first-order valence-electron chi connectivity index (χ1n) is 4.18. The van der Waals surface area contributed by atoms with Crippen molar-refractivity contribution in [2.45, 2.75) is 0 Å². The van der Waals surface area contributed by atoms with Crippen LogP contribution in [-0.4, -0.2) is 15.6 Å². The zero-order chi connectivity index (χ0) is 11.2. The summed E-state index contributed by atoms with van der Waals surface area (Å²) in [5.74, 6) is -1.54. The number of carbonyl (C=O) groups is 1. The number of hydrogen-bond acceptors (Lipinski definition) is 1. The summed E-state index contributed by atoms with van der Waals surface area (Å²) in [6.07, 6.45) is 0. The van der Waals surface area contributed by atoms with Gasteiger partial charge in [-0.1, -0.05) is 11.6 Å². The molecule has 0 aliphatic rings. The molecule has 15 heavy (non-hydrogen) atoms. The number of rotatable bonds is 1. The number of carboxylic acids is 1. The lowest BCUT2D eigenvalue weighted by molar-refractivity contribution is 0.0687. The summed E-state index contributed by atoms with van der Waals surface area (Å²) in [5.41, 5.74) is 0.605. The molecule has 2 rings (SSSR count). The first kappa shape index (κ1) is 9.98. The molecule has 0 atom stereocenters. The van der Waals surface area contributed by atoms with Gasteiger partial charge in [-0.25, -0.2) is 9.18 Å². The molecular formula is C10H7ClFNO2. The van der Waals surface area contributed by atoms with E-state index in [9.17, 15) is 9.18 Å². The van der Waals surface area contributed by atoms with Gasteiger partial charge in [0.25, 0.3) is 0 Å². The van der Waals surface area contributed by atoms with Crippen molar-refractivity contribution in [2.75, 3.05) is 0 Å². The summed E-state index contributed by atoms with van der Waals surface area (Å²) in [6, 6.07) is 3.82. The van der Waals surface area contributed by atoms with Gasteiger partial charge in [-0.2, -0.15) is 0 Å². The van der Waals surface area contributed by atoms with Crippen LogP contribution >= 0.6 is 11.6 Å². The Hall–Kier alpha value is -1.55. The minimum absolute atomic E-state index is 0.0810. The quantitative estimate of drug-likeness (QED) is 0.814. The third kappa shape index (κ3) is 1.47. The van der Waals surface area contributed by atoms with Crippen LogP contribution in [0.25, 0.3) is 10.9 Å². The van der Waals surface area contributed by atoms with E-state index in [4.69, 9.17) is 16.7 Å². The normalized spacial score (nSPS) is 10.9. The molecule has 0 unspecified atom stereocenters. The van der Waals surface area contributed by atoms with Crippen LogP contribution in [0.15, 0.2) is 18.2 Å². The highest BCUT2D eigenvalue weighted by Crippen LogP contribution is 2.27. The second-order valence-corrected chi connectivity index (χ2v) is 3.63. The largest absolute Gasteiger partial charge is 0.477 e. The standard InChI is InChI=1S/C10H7ClFNO2/c1-13-8(10(14)15)3-5-2-6(12)4-7(11)9(5)13/h2-4H,1H3,(H,14,15). The van der Waals surface area contributed by atoms with Crippen LogP contribution in [0, 0.1) is 5.82 Å². The van der Waals surface area contributed by atoms with Crippen LogP contribution < -0.4 is 0 Å². The lowest BCUT2D eigenvalue weighted by Gasteiger charge is -2.01. The summed E-state index contributed by atoms with van der Waals surface area (Å²) >= 11 is 5.83. The van der Waals surface area contributed by atoms with Gasteiger partial charge in [0.1, 0.15) is 11.5 Å². The molecule has 78 valence electrons. The number of aryl methyl sites for hydroxylation is 1. The molecule has 1 heterocycles. The fourth-order valence-corrected chi connectivity index (χ4v) is 1.96. The van der Waals surface area contributed by atoms with Gasteiger partial charge in [0.15, 0.2) is 0 Å². The van der Waals surface area contributed by atoms with Crippen LogP contribution in [0.4, 0.5) is 4.39 Å². The van der Waals surface area contributed by atoms with E-state index in [1.807, 2.05) is 0 Å². The average Bonchev–Trinajstić information content (AvgIpc) is 2.42. The predicted octanol–water partition coefficient (Wildman–Crippen LogP) is 2.67. The van der Waals surface area contributed by atoms with Gasteiger partial charge < -0.3 is 9.67 Å². The number of aromatic nitrogens is 1. The molecule has 1 aromatic carbocycles. The second kappa shape index (κ2) is 3.24. The fraction of sp³-hybridized carbons (Fsp3) is 0.100. The molecule has 0 saturated carbocycles. The molecule has 0 aliphatic carbocycles. The Morgan fingerprint density at radius 1 is 1.47 bits per heavy atom. The Morgan fingerprint density at radius 3 is 2.73 bits per heavy atom. The van der Waals surface area contributed by atoms with E-state index in [0.29, 0.717) is 10.9 Å². The highest BCUT2D eigenvalue weighted by atomic mass is 35.5. The topological polar surface area (TPSA) is 42.2 Å². The Morgan fingerprint density at radius 2 is 2.13 bits per heavy atom. The van der Waals surface area contributed by atoms with Crippen molar-refractivity contribution in [1.29, 1.82) is 0 Å². The maximum atomic E-state index is 13.0. The van der Waals surface area contributed by atoms with Crippen molar-refractivity contribution in [1.82, 2.24) is 4.57 Å². The van der Waals surface area contributed by atoms with Gasteiger partial charge in [-0.3, -0.25) is 0 Å². The highest BCUT2D eigenvalue weighted by Gasteiger charge is 2.14. The zero-order valence-electron chi connectivity index (χ0n) is 7.79. The van der Waals surface area contributed by atoms with E-state index in [1.54, 1.807) is 7.05 Å². The van der Waals surface area contributed by atoms with Crippen LogP contribution in [0.1, 0.15) is 10.5 Å². The maximum absolute atomic E-state index is 13.0. The van der Waals surface area contributed by atoms with Crippen molar-refractivity contribution in [3.8, 4) is 0 Å². The third-order valence-corrected chi connectivity index (χ3v) is 2.55. The molecule has 5 heteroatoms. The smallest absolute Gasteiger partial charge is 0.352 e. The first-order valence-corrected chi connectivity index (χ1v) is 4.56. The molecule has 0 saturated heterocycles. The number of fused-ring (bicyclic) bond motifs is 1. The fourth-order valence-electron chi connectivity index (χ4n) is 1.62. The van der Waals surface area contributed by atoms with Gasteiger partial charge in [0.2, 0.25) is 0 Å². The monoisotopic (exact) mass is 227 g/mol. The van der Waals surface area contributed by atoms with Gasteiger partial charge >= 0.3 is 5.97 Å². The van der Waals surface area contributed by atoms with E-state index in [2.05, 4.69) is 0 Å². The molecule has 0 radical (unpaired) electrons. The Bertz CT molecular complexity index is 562. The van der Waals surface area contributed by atoms with E-state index in [-0.39, 0.29) is 10.7 Å². The summed E-state index contributed by atoms with van der Waals surface area (Å²) in [6.45, 7) is 0. The Labute approximate surface area is 89.7 Å². The maximum Gasteiger partial charge on any atom is 0.352 e. The van der Waals surface area contributed by atoms with Gasteiger partial charge in [0, 0.05) is 12.4 Å². The third-order valence-electron chi connectivity index (χ3n) is 2.27. The van der Waals surface area contributed by atoms with Crippen LogP contribution in [0.3, 0.4) is 0 Å². The highest BCUT2D eigenvalue weighted by molar-refractivity contribution is 6.35. The molecule has 0 fully saturated rings. The van der Waals surface area contributed by atoms with Crippen molar-refractivity contribution < 1.29 is 14.3 Å². The van der Waals surface area contributed by atoms with Gasteiger partial charge in [0.05, 0.1) is 10.5 Å². The summed E-state index contributed by atoms with van der Waals surface area (Å²) in [4.78, 5) is 10.8. The van der Waals surface area contributed by atoms with Crippen molar-refractivity contribution >= 4 is 28.5 Å². The molecule has 1 aromatic heterocycles. The number of hydrogen-bond donors (Lipinski definition) is 1. The number of benzene rings is 1. The van der Waals surface area contributed by atoms with E-state index in [1.165, 1.54) is 16.7 Å². The van der Waals surface area contributed by atoms with Crippen LogP contribution in [0.2, 0.25) is 5.02 Å². The van der Waals surface area contributed by atoms with Crippen molar-refractivity contribution in [2.24, 2.45) is 7.05 Å². The summed E-state index contributed by atoms with van der Waals surface area (Å²) in [7, 11) is 1.58. The molecular weight excluding hydrogens is 221 g/mol. The minimum atomic E-state index is -1.06. The number of aromatic carboxylic acids is 1.